The van der Waals surface area contributed by atoms with Gasteiger partial charge in [0.2, 0.25) is 0 Å². The zero-order valence-corrected chi connectivity index (χ0v) is 21.7. The van der Waals surface area contributed by atoms with E-state index in [0.29, 0.717) is 11.1 Å². The van der Waals surface area contributed by atoms with Crippen molar-refractivity contribution in [1.82, 2.24) is 0 Å². The molecule has 0 atom stereocenters. The van der Waals surface area contributed by atoms with E-state index >= 15 is 0 Å². The van der Waals surface area contributed by atoms with Crippen LogP contribution in [-0.2, 0) is 0 Å². The Kier molecular flexibility index (Phi) is 3.84. The molecule has 0 aliphatic carbocycles. The highest BCUT2D eigenvalue weighted by Gasteiger charge is 2.23. The van der Waals surface area contributed by atoms with Gasteiger partial charge in [-0.25, -0.2) is 0 Å². The third kappa shape index (κ3) is 2.45. The van der Waals surface area contributed by atoms with E-state index in [9.17, 15) is 10.5 Å². The number of nitriles is 2. The monoisotopic (exact) mass is 482 g/mol. The minimum absolute atomic E-state index is 0.691. The Bertz CT molecular complexity index is 2260. The summed E-state index contributed by atoms with van der Waals surface area (Å²) in [7, 11) is 0. The fourth-order valence-corrected chi connectivity index (χ4v) is 7.26. The summed E-state index contributed by atoms with van der Waals surface area (Å²) in [5.74, 6) is 0. The van der Waals surface area contributed by atoms with Gasteiger partial charge in [-0.2, -0.15) is 10.5 Å². The smallest absolute Gasteiger partial charge is 0.0998 e. The molecule has 0 N–H and O–H groups in total. The molecular formula is C36H22N2. The van der Waals surface area contributed by atoms with Gasteiger partial charge in [0.05, 0.1) is 23.3 Å². The lowest BCUT2D eigenvalue weighted by molar-refractivity contribution is 1.50. The van der Waals surface area contributed by atoms with E-state index in [4.69, 9.17) is 0 Å². The lowest BCUT2D eigenvalue weighted by Crippen LogP contribution is -1.86. The summed E-state index contributed by atoms with van der Waals surface area (Å²) in [6.45, 7) is 8.50. The molecule has 0 amide bonds. The van der Waals surface area contributed by atoms with Crippen molar-refractivity contribution in [3.63, 3.8) is 0 Å². The molecule has 0 aliphatic rings. The highest BCUT2D eigenvalue weighted by Crippen LogP contribution is 2.49. The van der Waals surface area contributed by atoms with Crippen LogP contribution in [0, 0.1) is 50.4 Å². The summed E-state index contributed by atoms with van der Waals surface area (Å²) in [6.07, 6.45) is 0. The summed E-state index contributed by atoms with van der Waals surface area (Å²) in [6, 6.07) is 27.1. The molecule has 0 heterocycles. The van der Waals surface area contributed by atoms with Crippen LogP contribution in [0.25, 0.3) is 75.4 Å². The van der Waals surface area contributed by atoms with Crippen molar-refractivity contribution in [1.29, 1.82) is 10.5 Å². The third-order valence-corrected chi connectivity index (χ3v) is 8.44. The normalized spacial score (nSPS) is 12.2. The van der Waals surface area contributed by atoms with Crippen molar-refractivity contribution in [2.75, 3.05) is 0 Å². The summed E-state index contributed by atoms with van der Waals surface area (Å²) >= 11 is 0. The molecule has 0 radical (unpaired) electrons. The van der Waals surface area contributed by atoms with Crippen molar-refractivity contribution >= 4 is 75.4 Å². The van der Waals surface area contributed by atoms with Gasteiger partial charge in [-0.15, -0.1) is 0 Å². The minimum atomic E-state index is 0.691. The number of rotatable bonds is 0. The fourth-order valence-electron chi connectivity index (χ4n) is 7.26. The zero-order valence-electron chi connectivity index (χ0n) is 21.7. The van der Waals surface area contributed by atoms with E-state index in [1.54, 1.807) is 0 Å². The first-order chi connectivity index (χ1) is 18.4. The Hall–Kier alpha value is -4.92. The second-order valence-electron chi connectivity index (χ2n) is 11.1. The maximum atomic E-state index is 10.5. The van der Waals surface area contributed by atoms with Crippen LogP contribution in [0.2, 0.25) is 0 Å². The molecule has 38 heavy (non-hydrogen) atoms. The molecule has 8 rings (SSSR count). The van der Waals surface area contributed by atoms with Gasteiger partial charge in [0.15, 0.2) is 0 Å². The highest BCUT2D eigenvalue weighted by atomic mass is 14.3. The first-order valence-corrected chi connectivity index (χ1v) is 13.0. The topological polar surface area (TPSA) is 47.6 Å². The summed E-state index contributed by atoms with van der Waals surface area (Å²) < 4.78 is 0. The van der Waals surface area contributed by atoms with E-state index in [1.807, 2.05) is 0 Å². The van der Waals surface area contributed by atoms with Crippen LogP contribution in [0.1, 0.15) is 33.4 Å². The Balaban J connectivity index is 1.77. The van der Waals surface area contributed by atoms with Crippen LogP contribution in [-0.4, -0.2) is 0 Å². The number of hydrogen-bond acceptors (Lipinski definition) is 2. The van der Waals surface area contributed by atoms with Crippen molar-refractivity contribution in [2.24, 2.45) is 0 Å². The van der Waals surface area contributed by atoms with Crippen LogP contribution in [0.15, 0.2) is 60.7 Å². The van der Waals surface area contributed by atoms with E-state index in [2.05, 4.69) is 100 Å². The Morgan fingerprint density at radius 2 is 0.684 bits per heavy atom. The Morgan fingerprint density at radius 3 is 1.00 bits per heavy atom. The largest absolute Gasteiger partial charge is 0.192 e. The van der Waals surface area contributed by atoms with Crippen LogP contribution in [0.3, 0.4) is 0 Å². The van der Waals surface area contributed by atoms with Gasteiger partial charge < -0.3 is 0 Å². The van der Waals surface area contributed by atoms with Crippen LogP contribution in [0.5, 0.6) is 0 Å². The average Bonchev–Trinajstić information content (AvgIpc) is 3.37. The molecule has 0 spiro atoms. The molecule has 0 aliphatic heterocycles. The molecule has 0 saturated heterocycles. The zero-order chi connectivity index (χ0) is 26.0. The van der Waals surface area contributed by atoms with Gasteiger partial charge in [-0.1, -0.05) is 48.5 Å². The second kappa shape index (κ2) is 6.89. The quantitative estimate of drug-likeness (QED) is 0.216. The average molecular weight is 483 g/mol. The molecule has 2 heteroatoms. The lowest BCUT2D eigenvalue weighted by atomic mass is 9.93. The Labute approximate surface area is 219 Å². The molecule has 0 aromatic heterocycles. The highest BCUT2D eigenvalue weighted by molar-refractivity contribution is 6.42. The van der Waals surface area contributed by atoms with Gasteiger partial charge in [-0.3, -0.25) is 0 Å². The summed E-state index contributed by atoms with van der Waals surface area (Å²) in [5, 5.41) is 36.6. The predicted molar refractivity (Wildman–Crippen MR) is 160 cm³/mol. The van der Waals surface area contributed by atoms with Crippen LogP contribution < -0.4 is 0 Å². The van der Waals surface area contributed by atoms with Gasteiger partial charge in [-0.05, 0) is 127 Å². The summed E-state index contributed by atoms with van der Waals surface area (Å²) in [4.78, 5) is 0. The van der Waals surface area contributed by atoms with Gasteiger partial charge >= 0.3 is 0 Å². The van der Waals surface area contributed by atoms with Crippen molar-refractivity contribution in [3.8, 4) is 12.1 Å². The summed E-state index contributed by atoms with van der Waals surface area (Å²) in [5.41, 5.74) is 6.13. The SMILES string of the molecule is Cc1cc2cc(C)cc3c2c(c1)c1c(C#N)cc2c(cc(C#N)c4c5cc(C)cc6cc(C)cc(c65)c24)c31. The van der Waals surface area contributed by atoms with Gasteiger partial charge in [0.1, 0.15) is 0 Å². The Morgan fingerprint density at radius 1 is 0.368 bits per heavy atom. The van der Waals surface area contributed by atoms with E-state index in [-0.39, 0.29) is 0 Å². The van der Waals surface area contributed by atoms with Crippen molar-refractivity contribution in [2.45, 2.75) is 27.7 Å². The maximum Gasteiger partial charge on any atom is 0.0998 e. The van der Waals surface area contributed by atoms with Crippen molar-refractivity contribution < 1.29 is 0 Å². The number of nitrogens with zero attached hydrogens (tertiary/aromatic N) is 2. The van der Waals surface area contributed by atoms with Gasteiger partial charge in [0.25, 0.3) is 0 Å². The minimum Gasteiger partial charge on any atom is -0.192 e. The third-order valence-electron chi connectivity index (χ3n) is 8.44. The molecule has 0 unspecified atom stereocenters. The molecule has 0 fully saturated rings. The first kappa shape index (κ1) is 21.2. The molecule has 176 valence electrons. The first-order valence-electron chi connectivity index (χ1n) is 13.0. The van der Waals surface area contributed by atoms with Crippen molar-refractivity contribution in [3.05, 3.63) is 94.0 Å². The molecular weight excluding hydrogens is 460 g/mol. The van der Waals surface area contributed by atoms with E-state index in [0.717, 1.165) is 53.9 Å². The standard InChI is InChI=1S/C36H22N2/c1-17-5-21-7-19(3)11-29-31(21)27(9-17)33-23(15-37)13-26-25(35(29)33)14-24(16-38)34-28-10-18(2)6-22-8-20(4)12-30(32(22)28)36(26)34/h5-14H,1-4H3. The number of benzene rings is 6. The molecule has 8 aromatic carbocycles. The number of hydrogen-bond donors (Lipinski definition) is 0. The fraction of sp³-hybridized carbons (Fsp3) is 0.111. The molecule has 8 aromatic rings. The van der Waals surface area contributed by atoms with E-state index in [1.165, 1.54) is 43.8 Å². The van der Waals surface area contributed by atoms with Gasteiger partial charge in [0, 0.05) is 10.8 Å². The maximum absolute atomic E-state index is 10.5. The second-order valence-corrected chi connectivity index (χ2v) is 11.1. The number of fused-ring (bicyclic) bond motifs is 9. The van der Waals surface area contributed by atoms with Crippen LogP contribution in [0.4, 0.5) is 0 Å². The predicted octanol–water partition coefficient (Wildman–Crippen LogP) is 9.61. The molecule has 0 bridgehead atoms. The van der Waals surface area contributed by atoms with Crippen LogP contribution >= 0.6 is 0 Å². The lowest BCUT2D eigenvalue weighted by Gasteiger charge is -2.09. The molecule has 0 saturated carbocycles. The van der Waals surface area contributed by atoms with E-state index < -0.39 is 0 Å². The molecule has 2 nitrogen and oxygen atoms in total. The number of aryl methyl sites for hydroxylation is 4.